The standard InChI is InChI=1S/C16H9ClF3NO2/c17-13-6-5-10(9-12(13)16(18,19)20)23-15-4-2-1-3-11(15)14(22)7-8-21/h1-6,9H,7H2. The lowest BCUT2D eigenvalue weighted by atomic mass is 10.1. The summed E-state index contributed by atoms with van der Waals surface area (Å²) >= 11 is 5.54. The van der Waals surface area contributed by atoms with E-state index < -0.39 is 22.5 Å². The molecule has 0 saturated heterocycles. The lowest BCUT2D eigenvalue weighted by molar-refractivity contribution is -0.137. The molecule has 2 rings (SSSR count). The fourth-order valence-electron chi connectivity index (χ4n) is 1.87. The first kappa shape index (κ1) is 16.8. The van der Waals surface area contributed by atoms with E-state index in [0.717, 1.165) is 12.1 Å². The van der Waals surface area contributed by atoms with Crippen LogP contribution in [0.15, 0.2) is 42.5 Å². The molecular weight excluding hydrogens is 331 g/mol. The molecule has 0 aromatic heterocycles. The first-order chi connectivity index (χ1) is 10.8. The second kappa shape index (κ2) is 6.71. The maximum Gasteiger partial charge on any atom is 0.417 e. The minimum absolute atomic E-state index is 0.0724. The third-order valence-electron chi connectivity index (χ3n) is 2.90. The summed E-state index contributed by atoms with van der Waals surface area (Å²) in [5.41, 5.74) is -0.907. The summed E-state index contributed by atoms with van der Waals surface area (Å²) in [6.45, 7) is 0. The van der Waals surface area contributed by atoms with Gasteiger partial charge in [0.1, 0.15) is 11.5 Å². The summed E-state index contributed by atoms with van der Waals surface area (Å²) in [5.74, 6) is -0.518. The van der Waals surface area contributed by atoms with Crippen molar-refractivity contribution in [2.24, 2.45) is 0 Å². The van der Waals surface area contributed by atoms with Crippen molar-refractivity contribution in [2.75, 3.05) is 0 Å². The average Bonchev–Trinajstić information content (AvgIpc) is 2.49. The SMILES string of the molecule is N#CCC(=O)c1ccccc1Oc1ccc(Cl)c(C(F)(F)F)c1. The highest BCUT2D eigenvalue weighted by atomic mass is 35.5. The van der Waals surface area contributed by atoms with Gasteiger partial charge in [0.05, 0.1) is 28.6 Å². The van der Waals surface area contributed by atoms with Gasteiger partial charge in [0.25, 0.3) is 0 Å². The Labute approximate surface area is 134 Å². The van der Waals surface area contributed by atoms with E-state index in [0.29, 0.717) is 0 Å². The lowest BCUT2D eigenvalue weighted by Gasteiger charge is -2.13. The van der Waals surface area contributed by atoms with Gasteiger partial charge >= 0.3 is 6.18 Å². The topological polar surface area (TPSA) is 50.1 Å². The van der Waals surface area contributed by atoms with Crippen LogP contribution >= 0.6 is 11.6 Å². The van der Waals surface area contributed by atoms with Gasteiger partial charge < -0.3 is 4.74 Å². The minimum Gasteiger partial charge on any atom is -0.457 e. The molecule has 0 aliphatic rings. The number of ketones is 1. The number of benzene rings is 2. The van der Waals surface area contributed by atoms with Gasteiger partial charge in [0.15, 0.2) is 5.78 Å². The first-order valence-corrected chi connectivity index (χ1v) is 6.74. The second-order valence-corrected chi connectivity index (χ2v) is 4.90. The molecule has 0 aliphatic carbocycles. The Hall–Kier alpha value is -2.52. The summed E-state index contributed by atoms with van der Waals surface area (Å²) in [7, 11) is 0. The average molecular weight is 340 g/mol. The zero-order valence-electron chi connectivity index (χ0n) is 11.5. The van der Waals surface area contributed by atoms with Crippen molar-refractivity contribution in [3.8, 4) is 17.6 Å². The van der Waals surface area contributed by atoms with Gasteiger partial charge in [-0.1, -0.05) is 23.7 Å². The number of alkyl halides is 3. The molecule has 0 atom stereocenters. The molecule has 0 bridgehead atoms. The Balaban J connectivity index is 2.38. The Morgan fingerprint density at radius 1 is 1.22 bits per heavy atom. The molecule has 0 spiro atoms. The molecule has 0 radical (unpaired) electrons. The van der Waals surface area contributed by atoms with Gasteiger partial charge in [-0.2, -0.15) is 18.4 Å². The summed E-state index contributed by atoms with van der Waals surface area (Å²) in [6.07, 6.45) is -4.97. The van der Waals surface area contributed by atoms with E-state index in [-0.39, 0.29) is 23.5 Å². The van der Waals surface area contributed by atoms with Crippen LogP contribution in [-0.4, -0.2) is 5.78 Å². The third kappa shape index (κ3) is 4.02. The number of rotatable bonds is 4. The quantitative estimate of drug-likeness (QED) is 0.715. The van der Waals surface area contributed by atoms with Gasteiger partial charge in [-0.25, -0.2) is 0 Å². The summed E-state index contributed by atoms with van der Waals surface area (Å²) in [5, 5.41) is 8.14. The fourth-order valence-corrected chi connectivity index (χ4v) is 2.09. The van der Waals surface area contributed by atoms with E-state index >= 15 is 0 Å². The predicted octanol–water partition coefficient (Wildman–Crippen LogP) is 5.25. The highest BCUT2D eigenvalue weighted by Crippen LogP contribution is 2.38. The summed E-state index contributed by atoms with van der Waals surface area (Å²) < 4.78 is 43.9. The van der Waals surface area contributed by atoms with Crippen LogP contribution in [0.5, 0.6) is 11.5 Å². The molecule has 0 fully saturated rings. The molecule has 3 nitrogen and oxygen atoms in total. The number of para-hydroxylation sites is 1. The summed E-state index contributed by atoms with van der Waals surface area (Å²) in [6, 6.07) is 10.8. The molecule has 118 valence electrons. The molecule has 23 heavy (non-hydrogen) atoms. The van der Waals surface area contributed by atoms with Crippen LogP contribution in [0, 0.1) is 11.3 Å². The van der Waals surface area contributed by atoms with E-state index in [9.17, 15) is 18.0 Å². The normalized spacial score (nSPS) is 10.9. The molecule has 0 amide bonds. The van der Waals surface area contributed by atoms with E-state index in [2.05, 4.69) is 0 Å². The second-order valence-electron chi connectivity index (χ2n) is 4.50. The van der Waals surface area contributed by atoms with Gasteiger partial charge in [0.2, 0.25) is 0 Å². The molecule has 2 aromatic rings. The Kier molecular flexibility index (Phi) is 4.92. The number of halogens is 4. The number of carbonyl (C=O) groups excluding carboxylic acids is 1. The highest BCUT2D eigenvalue weighted by Gasteiger charge is 2.33. The Bertz CT molecular complexity index is 782. The molecule has 0 heterocycles. The number of nitrogens with zero attached hydrogens (tertiary/aromatic N) is 1. The van der Waals surface area contributed by atoms with Crippen molar-refractivity contribution >= 4 is 17.4 Å². The first-order valence-electron chi connectivity index (χ1n) is 6.36. The number of hydrogen-bond acceptors (Lipinski definition) is 3. The van der Waals surface area contributed by atoms with E-state index in [4.69, 9.17) is 21.6 Å². The highest BCUT2D eigenvalue weighted by molar-refractivity contribution is 6.31. The van der Waals surface area contributed by atoms with Crippen molar-refractivity contribution in [1.29, 1.82) is 5.26 Å². The van der Waals surface area contributed by atoms with E-state index in [1.165, 1.54) is 18.2 Å². The molecule has 0 aliphatic heterocycles. The third-order valence-corrected chi connectivity index (χ3v) is 3.23. The van der Waals surface area contributed by atoms with Crippen LogP contribution in [0.25, 0.3) is 0 Å². The van der Waals surface area contributed by atoms with Crippen LogP contribution in [-0.2, 0) is 6.18 Å². The van der Waals surface area contributed by atoms with Crippen LogP contribution in [0.3, 0.4) is 0 Å². The van der Waals surface area contributed by atoms with Crippen molar-refractivity contribution in [1.82, 2.24) is 0 Å². The van der Waals surface area contributed by atoms with Gasteiger partial charge in [-0.3, -0.25) is 4.79 Å². The molecule has 7 heteroatoms. The van der Waals surface area contributed by atoms with Crippen molar-refractivity contribution in [3.63, 3.8) is 0 Å². The van der Waals surface area contributed by atoms with E-state index in [1.807, 2.05) is 0 Å². The molecule has 0 N–H and O–H groups in total. The zero-order chi connectivity index (χ0) is 17.0. The van der Waals surface area contributed by atoms with E-state index in [1.54, 1.807) is 18.2 Å². The lowest BCUT2D eigenvalue weighted by Crippen LogP contribution is -2.06. The number of Topliss-reactive ketones (excluding diaryl/α,β-unsaturated/α-hetero) is 1. The van der Waals surface area contributed by atoms with Crippen molar-refractivity contribution in [2.45, 2.75) is 12.6 Å². The van der Waals surface area contributed by atoms with Gasteiger partial charge in [-0.15, -0.1) is 0 Å². The van der Waals surface area contributed by atoms with Crippen molar-refractivity contribution < 1.29 is 22.7 Å². The molecule has 2 aromatic carbocycles. The fraction of sp³-hybridized carbons (Fsp3) is 0.125. The Morgan fingerprint density at radius 3 is 2.57 bits per heavy atom. The number of carbonyl (C=O) groups is 1. The number of ether oxygens (including phenoxy) is 1. The van der Waals surface area contributed by atoms with Gasteiger partial charge in [-0.05, 0) is 30.3 Å². The molecular formula is C16H9ClF3NO2. The molecule has 0 saturated carbocycles. The smallest absolute Gasteiger partial charge is 0.417 e. The largest absolute Gasteiger partial charge is 0.457 e. The monoisotopic (exact) mass is 339 g/mol. The predicted molar refractivity (Wildman–Crippen MR) is 77.5 cm³/mol. The molecule has 0 unspecified atom stereocenters. The maximum absolute atomic E-state index is 12.8. The van der Waals surface area contributed by atoms with Gasteiger partial charge in [0, 0.05) is 0 Å². The van der Waals surface area contributed by atoms with Crippen molar-refractivity contribution in [3.05, 3.63) is 58.6 Å². The minimum atomic E-state index is -4.62. The zero-order valence-corrected chi connectivity index (χ0v) is 12.3. The van der Waals surface area contributed by atoms with Crippen LogP contribution in [0.2, 0.25) is 5.02 Å². The Morgan fingerprint density at radius 2 is 1.91 bits per heavy atom. The van der Waals surface area contributed by atoms with Crippen LogP contribution in [0.1, 0.15) is 22.3 Å². The number of hydrogen-bond donors (Lipinski definition) is 0. The van der Waals surface area contributed by atoms with Crippen LogP contribution in [0.4, 0.5) is 13.2 Å². The summed E-state index contributed by atoms with van der Waals surface area (Å²) in [4.78, 5) is 11.8. The number of nitriles is 1. The maximum atomic E-state index is 12.8. The van der Waals surface area contributed by atoms with Crippen LogP contribution < -0.4 is 4.74 Å².